The van der Waals surface area contributed by atoms with Crippen LogP contribution in [0.1, 0.15) is 38.2 Å². The van der Waals surface area contributed by atoms with Crippen LogP contribution in [0, 0.1) is 0 Å². The fourth-order valence-corrected chi connectivity index (χ4v) is 5.78. The summed E-state index contributed by atoms with van der Waals surface area (Å²) in [5, 5.41) is 11.6. The van der Waals surface area contributed by atoms with Crippen molar-refractivity contribution in [3.05, 3.63) is 130 Å². The summed E-state index contributed by atoms with van der Waals surface area (Å²) in [6, 6.07) is 30.2. The maximum atomic E-state index is 11.3. The van der Waals surface area contributed by atoms with E-state index in [4.69, 9.17) is 14.2 Å². The topological polar surface area (TPSA) is 65.0 Å². The Morgan fingerprint density at radius 3 is 2.02 bits per heavy atom. The lowest BCUT2D eigenvalue weighted by atomic mass is 9.92. The molecule has 0 radical (unpaired) electrons. The predicted octanol–water partition coefficient (Wildman–Crippen LogP) is 8.00. The normalized spacial score (nSPS) is 12.3. The van der Waals surface area contributed by atoms with Crippen LogP contribution >= 0.6 is 0 Å². The molecule has 5 aromatic rings. The van der Waals surface area contributed by atoms with Crippen molar-refractivity contribution in [1.82, 2.24) is 0 Å². The third-order valence-corrected chi connectivity index (χ3v) is 7.93. The van der Waals surface area contributed by atoms with E-state index in [-0.39, 0.29) is 0 Å². The quantitative estimate of drug-likeness (QED) is 0.225. The molecule has 0 saturated heterocycles. The number of aromatic carboxylic acids is 1. The van der Waals surface area contributed by atoms with Crippen LogP contribution in [0.25, 0.3) is 28.0 Å². The van der Waals surface area contributed by atoms with Crippen LogP contribution in [0.15, 0.2) is 97.1 Å². The molecular formula is C37H32O5. The fraction of sp³-hybridized carbons (Fsp3) is 0.162. The van der Waals surface area contributed by atoms with Gasteiger partial charge in [0.25, 0.3) is 0 Å². The predicted molar refractivity (Wildman–Crippen MR) is 167 cm³/mol. The summed E-state index contributed by atoms with van der Waals surface area (Å²) >= 11 is 0. The summed E-state index contributed by atoms with van der Waals surface area (Å²) in [5.41, 5.74) is 8.77. The largest absolute Gasteiger partial charge is 0.497 e. The molecule has 5 nitrogen and oxygen atoms in total. The second-order valence-corrected chi connectivity index (χ2v) is 10.4. The van der Waals surface area contributed by atoms with E-state index in [1.807, 2.05) is 48.5 Å². The van der Waals surface area contributed by atoms with Gasteiger partial charge >= 0.3 is 5.97 Å². The Balaban J connectivity index is 0.000000158. The average Bonchev–Trinajstić information content (AvgIpc) is 3.44. The van der Waals surface area contributed by atoms with Gasteiger partial charge in [-0.05, 0) is 101 Å². The first-order valence-electron chi connectivity index (χ1n) is 14.0. The zero-order valence-corrected chi connectivity index (χ0v) is 23.7. The Hall–Kier alpha value is -5.03. The molecular weight excluding hydrogens is 524 g/mol. The zero-order chi connectivity index (χ0) is 29.1. The third-order valence-electron chi connectivity index (χ3n) is 7.93. The minimum absolute atomic E-state index is 0.339. The van der Waals surface area contributed by atoms with Crippen molar-refractivity contribution in [3.63, 3.8) is 0 Å². The van der Waals surface area contributed by atoms with Crippen molar-refractivity contribution in [3.8, 4) is 28.4 Å². The molecule has 210 valence electrons. The van der Waals surface area contributed by atoms with Gasteiger partial charge in [-0.25, -0.2) is 4.79 Å². The van der Waals surface area contributed by atoms with Crippen LogP contribution in [0.4, 0.5) is 0 Å². The van der Waals surface area contributed by atoms with Crippen molar-refractivity contribution in [2.75, 3.05) is 20.8 Å². The molecule has 0 amide bonds. The average molecular weight is 557 g/mol. The Morgan fingerprint density at radius 2 is 1.43 bits per heavy atom. The van der Waals surface area contributed by atoms with E-state index >= 15 is 0 Å². The summed E-state index contributed by atoms with van der Waals surface area (Å²) in [6.07, 6.45) is 6.98. The van der Waals surface area contributed by atoms with Gasteiger partial charge in [0, 0.05) is 10.9 Å². The Bertz CT molecular complexity index is 1740. The summed E-state index contributed by atoms with van der Waals surface area (Å²) in [7, 11) is 3.37. The number of carboxylic acids is 1. The molecule has 1 N–H and O–H groups in total. The highest BCUT2D eigenvalue weighted by Gasteiger charge is 2.28. The Kier molecular flexibility index (Phi) is 7.65. The van der Waals surface area contributed by atoms with Gasteiger partial charge < -0.3 is 19.3 Å². The lowest BCUT2D eigenvalue weighted by Gasteiger charge is -2.19. The van der Waals surface area contributed by atoms with Gasteiger partial charge in [-0.3, -0.25) is 0 Å². The molecule has 0 bridgehead atoms. The summed E-state index contributed by atoms with van der Waals surface area (Å²) in [5.74, 6) is 1.87. The molecule has 42 heavy (non-hydrogen) atoms. The first kappa shape index (κ1) is 27.2. The van der Waals surface area contributed by atoms with Crippen molar-refractivity contribution in [2.24, 2.45) is 0 Å². The van der Waals surface area contributed by atoms with Crippen LogP contribution in [0.2, 0.25) is 0 Å². The zero-order valence-electron chi connectivity index (χ0n) is 23.7. The molecule has 5 aromatic carbocycles. The van der Waals surface area contributed by atoms with Crippen LogP contribution in [0.3, 0.4) is 0 Å². The Labute approximate surface area is 245 Å². The van der Waals surface area contributed by atoms with Gasteiger partial charge in [0.2, 0.25) is 0 Å². The molecule has 5 heteroatoms. The number of hydrogen-bond acceptors (Lipinski definition) is 4. The number of hydrogen-bond donors (Lipinski definition) is 1. The number of benzene rings is 5. The maximum absolute atomic E-state index is 11.3. The first-order chi connectivity index (χ1) is 20.6. The second-order valence-electron chi connectivity index (χ2n) is 10.4. The van der Waals surface area contributed by atoms with E-state index in [9.17, 15) is 9.90 Å². The molecule has 1 aliphatic heterocycles. The van der Waals surface area contributed by atoms with Crippen molar-refractivity contribution in [2.45, 2.75) is 19.3 Å². The monoisotopic (exact) mass is 556 g/mol. The number of aryl methyl sites for hydroxylation is 2. The van der Waals surface area contributed by atoms with Gasteiger partial charge in [0.1, 0.15) is 23.9 Å². The molecule has 1 aliphatic carbocycles. The van der Waals surface area contributed by atoms with Gasteiger partial charge in [0.05, 0.1) is 19.8 Å². The van der Waals surface area contributed by atoms with Gasteiger partial charge in [-0.15, -0.1) is 0 Å². The minimum atomic E-state index is -0.885. The number of fused-ring (bicyclic) bond motifs is 8. The number of carbonyl (C=O) groups is 1. The van der Waals surface area contributed by atoms with E-state index in [1.165, 1.54) is 27.6 Å². The number of ether oxygens (including phenoxy) is 3. The van der Waals surface area contributed by atoms with Gasteiger partial charge in [-0.1, -0.05) is 60.7 Å². The second kappa shape index (κ2) is 11.8. The van der Waals surface area contributed by atoms with E-state index in [1.54, 1.807) is 26.4 Å². The van der Waals surface area contributed by atoms with Crippen LogP contribution in [0.5, 0.6) is 17.2 Å². The van der Waals surface area contributed by atoms with Crippen LogP contribution in [-0.2, 0) is 19.3 Å². The summed E-state index contributed by atoms with van der Waals surface area (Å²) in [4.78, 5) is 11.3. The lowest BCUT2D eigenvalue weighted by Crippen LogP contribution is -2.04. The molecule has 7 rings (SSSR count). The van der Waals surface area contributed by atoms with Gasteiger partial charge in [-0.2, -0.15) is 0 Å². The van der Waals surface area contributed by atoms with Crippen molar-refractivity contribution < 1.29 is 24.1 Å². The van der Waals surface area contributed by atoms with Gasteiger partial charge in [0.15, 0.2) is 0 Å². The van der Waals surface area contributed by atoms with E-state index in [2.05, 4.69) is 42.5 Å². The Morgan fingerprint density at radius 1 is 0.810 bits per heavy atom. The highest BCUT2D eigenvalue weighted by molar-refractivity contribution is 6.07. The van der Waals surface area contributed by atoms with E-state index in [0.29, 0.717) is 12.2 Å². The van der Waals surface area contributed by atoms with Crippen molar-refractivity contribution >= 4 is 22.8 Å². The molecule has 0 fully saturated rings. The molecule has 0 spiro atoms. The molecule has 2 aliphatic rings. The minimum Gasteiger partial charge on any atom is -0.497 e. The fourth-order valence-electron chi connectivity index (χ4n) is 5.78. The number of rotatable bonds is 6. The molecule has 0 saturated carbocycles. The van der Waals surface area contributed by atoms with Crippen molar-refractivity contribution in [1.29, 1.82) is 0 Å². The highest BCUT2D eigenvalue weighted by atomic mass is 16.5. The maximum Gasteiger partial charge on any atom is 0.335 e. The van der Waals surface area contributed by atoms with E-state index < -0.39 is 5.97 Å². The van der Waals surface area contributed by atoms with Crippen LogP contribution in [-0.4, -0.2) is 31.9 Å². The van der Waals surface area contributed by atoms with E-state index in [0.717, 1.165) is 58.6 Å². The summed E-state index contributed by atoms with van der Waals surface area (Å²) in [6.45, 7) is 0.589. The first-order valence-corrected chi connectivity index (χ1v) is 14.0. The number of methoxy groups -OCH3 is 2. The molecule has 1 heterocycles. The smallest absolute Gasteiger partial charge is 0.335 e. The number of carboxylic acid groups (broad SMARTS) is 1. The standard InChI is InChI=1S/C21H14O3.C16H18O2/c22-21(23)12-7-8-14-13(10-12)11-18-17-6-3-9-24-20(17)16-5-2-1-4-15(16)19(14)18;1-17-15-9-5-13(6-10-15)3-4-14-7-11-16(18-2)12-8-14/h1-8,10H,9,11H2,(H,22,23);5-12H,3-4H2,1-2H3. The molecule has 0 aromatic heterocycles. The summed E-state index contributed by atoms with van der Waals surface area (Å²) < 4.78 is 16.2. The lowest BCUT2D eigenvalue weighted by molar-refractivity contribution is 0.0696. The SMILES string of the molecule is COc1ccc(CCc2ccc(OC)cc2)cc1.O=C(O)c1ccc2c(c1)Cc1c3c(c4ccccc4c1-2)OCC=C3. The third kappa shape index (κ3) is 5.34. The van der Waals surface area contributed by atoms with Crippen LogP contribution < -0.4 is 14.2 Å². The highest BCUT2D eigenvalue weighted by Crippen LogP contribution is 2.48. The molecule has 0 unspecified atom stereocenters. The molecule has 0 atom stereocenters.